The lowest BCUT2D eigenvalue weighted by molar-refractivity contribution is -0.473. The molecule has 0 bridgehead atoms. The molecule has 1 heterocycles. The summed E-state index contributed by atoms with van der Waals surface area (Å²) >= 11 is 0. The first-order valence-corrected chi connectivity index (χ1v) is 4.38. The van der Waals surface area contributed by atoms with Gasteiger partial charge in [0.05, 0.1) is 6.42 Å². The lowest BCUT2D eigenvalue weighted by Gasteiger charge is -2.48. The molecule has 1 aliphatic rings. The predicted octanol–water partition coefficient (Wildman–Crippen LogP) is 3.68. The summed E-state index contributed by atoms with van der Waals surface area (Å²) in [4.78, 5) is 0. The van der Waals surface area contributed by atoms with Crippen LogP contribution in [-0.2, 0) is 4.74 Å². The number of rotatable bonds is 1. The Morgan fingerprint density at radius 3 is 1.71 bits per heavy atom. The molecular formula is C8H8F8O. The molecular weight excluding hydrogens is 264 g/mol. The molecule has 1 nitrogen and oxygen atoms in total. The first-order valence-electron chi connectivity index (χ1n) is 4.38. The molecule has 0 spiro atoms. The van der Waals surface area contributed by atoms with Crippen molar-refractivity contribution in [2.75, 3.05) is 0 Å². The van der Waals surface area contributed by atoms with Gasteiger partial charge in [0.1, 0.15) is 0 Å². The van der Waals surface area contributed by atoms with E-state index >= 15 is 0 Å². The van der Waals surface area contributed by atoms with Gasteiger partial charge in [0, 0.05) is 6.92 Å². The van der Waals surface area contributed by atoms with Gasteiger partial charge in [-0.25, -0.2) is 26.3 Å². The average Bonchev–Trinajstić information content (AvgIpc) is 1.92. The average molecular weight is 272 g/mol. The largest absolute Gasteiger partial charge is 0.404 e. The van der Waals surface area contributed by atoms with Crippen LogP contribution in [-0.4, -0.2) is 29.5 Å². The monoisotopic (exact) mass is 272 g/mol. The lowest BCUT2D eigenvalue weighted by atomic mass is 9.83. The Balaban J connectivity index is 3.39. The summed E-state index contributed by atoms with van der Waals surface area (Å²) in [6.45, 7) is -0.263. The molecule has 0 saturated carbocycles. The topological polar surface area (TPSA) is 9.23 Å². The zero-order valence-electron chi connectivity index (χ0n) is 8.64. The summed E-state index contributed by atoms with van der Waals surface area (Å²) in [5, 5.41) is 0. The van der Waals surface area contributed by atoms with Crippen molar-refractivity contribution in [1.29, 1.82) is 0 Å². The van der Waals surface area contributed by atoms with Crippen LogP contribution in [0.1, 0.15) is 20.3 Å². The Labute approximate surface area is 90.7 Å². The Morgan fingerprint density at radius 1 is 1.00 bits per heavy atom. The lowest BCUT2D eigenvalue weighted by Crippen LogP contribution is -2.72. The van der Waals surface area contributed by atoms with E-state index in [9.17, 15) is 35.1 Å². The fourth-order valence-electron chi connectivity index (χ4n) is 1.68. The molecule has 0 radical (unpaired) electrons. The SMILES string of the molecule is CC1(F)CC(F)(F)C(F)(C(C)(F)F)C(F)(F)O1. The van der Waals surface area contributed by atoms with Crippen molar-refractivity contribution < 1.29 is 39.9 Å². The number of alkyl halides is 8. The second kappa shape index (κ2) is 3.24. The van der Waals surface area contributed by atoms with Crippen molar-refractivity contribution >= 4 is 0 Å². The van der Waals surface area contributed by atoms with E-state index in [0.29, 0.717) is 0 Å². The molecule has 0 amide bonds. The molecule has 2 atom stereocenters. The Kier molecular flexibility index (Phi) is 2.76. The van der Waals surface area contributed by atoms with E-state index in [-0.39, 0.29) is 6.92 Å². The maximum Gasteiger partial charge on any atom is 0.404 e. The van der Waals surface area contributed by atoms with E-state index in [1.54, 1.807) is 0 Å². The summed E-state index contributed by atoms with van der Waals surface area (Å²) in [6.07, 6.45) is -7.88. The van der Waals surface area contributed by atoms with Crippen LogP contribution in [0.25, 0.3) is 0 Å². The van der Waals surface area contributed by atoms with Crippen LogP contribution < -0.4 is 0 Å². The highest BCUT2D eigenvalue weighted by Gasteiger charge is 2.85. The van der Waals surface area contributed by atoms with Crippen LogP contribution in [0.4, 0.5) is 35.1 Å². The van der Waals surface area contributed by atoms with Crippen LogP contribution in [0.3, 0.4) is 0 Å². The second-order valence-electron chi connectivity index (χ2n) is 4.15. The van der Waals surface area contributed by atoms with Gasteiger partial charge in [0.15, 0.2) is 0 Å². The van der Waals surface area contributed by atoms with E-state index in [0.717, 1.165) is 0 Å². The summed E-state index contributed by atoms with van der Waals surface area (Å²) < 4.78 is 107. The summed E-state index contributed by atoms with van der Waals surface area (Å²) in [5.41, 5.74) is -5.60. The van der Waals surface area contributed by atoms with E-state index in [2.05, 4.69) is 4.74 Å². The predicted molar refractivity (Wildman–Crippen MR) is 39.6 cm³/mol. The van der Waals surface area contributed by atoms with Crippen LogP contribution >= 0.6 is 0 Å². The van der Waals surface area contributed by atoms with Gasteiger partial charge in [0.25, 0.3) is 5.92 Å². The van der Waals surface area contributed by atoms with Gasteiger partial charge in [-0.1, -0.05) is 0 Å². The molecule has 1 rings (SSSR count). The van der Waals surface area contributed by atoms with Gasteiger partial charge in [-0.2, -0.15) is 8.78 Å². The quantitative estimate of drug-likeness (QED) is 0.661. The van der Waals surface area contributed by atoms with Crippen LogP contribution in [0.5, 0.6) is 0 Å². The highest BCUT2D eigenvalue weighted by atomic mass is 19.3. The van der Waals surface area contributed by atoms with Crippen LogP contribution in [0.2, 0.25) is 0 Å². The molecule has 102 valence electrons. The van der Waals surface area contributed by atoms with Gasteiger partial charge in [-0.3, -0.25) is 4.74 Å². The Hall–Kier alpha value is -0.600. The number of ether oxygens (including phenoxy) is 1. The highest BCUT2D eigenvalue weighted by molar-refractivity contribution is 5.12. The maximum atomic E-state index is 13.4. The summed E-state index contributed by atoms with van der Waals surface area (Å²) in [7, 11) is 0. The van der Waals surface area contributed by atoms with E-state index < -0.39 is 42.8 Å². The van der Waals surface area contributed by atoms with Crippen molar-refractivity contribution in [2.45, 2.75) is 49.7 Å². The van der Waals surface area contributed by atoms with Crippen molar-refractivity contribution in [2.24, 2.45) is 0 Å². The molecule has 0 aromatic carbocycles. The molecule has 9 heteroatoms. The van der Waals surface area contributed by atoms with Crippen LogP contribution in [0, 0.1) is 0 Å². The molecule has 1 fully saturated rings. The maximum absolute atomic E-state index is 13.4. The van der Waals surface area contributed by atoms with Crippen LogP contribution in [0.15, 0.2) is 0 Å². The van der Waals surface area contributed by atoms with Crippen molar-refractivity contribution in [3.8, 4) is 0 Å². The Morgan fingerprint density at radius 2 is 1.41 bits per heavy atom. The molecule has 1 saturated heterocycles. The molecule has 17 heavy (non-hydrogen) atoms. The third-order valence-electron chi connectivity index (χ3n) is 2.39. The summed E-state index contributed by atoms with van der Waals surface area (Å²) in [5.74, 6) is -14.0. The van der Waals surface area contributed by atoms with Gasteiger partial charge in [0.2, 0.25) is 5.85 Å². The zero-order valence-corrected chi connectivity index (χ0v) is 8.64. The first kappa shape index (κ1) is 14.5. The van der Waals surface area contributed by atoms with E-state index in [1.807, 2.05) is 0 Å². The van der Waals surface area contributed by atoms with Gasteiger partial charge in [-0.05, 0) is 6.92 Å². The van der Waals surface area contributed by atoms with E-state index in [4.69, 9.17) is 0 Å². The molecule has 1 aliphatic heterocycles. The fraction of sp³-hybridized carbons (Fsp3) is 1.00. The summed E-state index contributed by atoms with van der Waals surface area (Å²) in [6, 6.07) is 0. The fourth-order valence-corrected chi connectivity index (χ4v) is 1.68. The first-order chi connectivity index (χ1) is 7.16. The standard InChI is InChI=1S/C8H8F8O/c1-4(9)3-6(12,13)7(14,5(2,10)11)8(15,16)17-4/h3H2,1-2H3. The molecule has 0 aromatic rings. The van der Waals surface area contributed by atoms with Crippen molar-refractivity contribution in [3.05, 3.63) is 0 Å². The zero-order chi connectivity index (χ0) is 13.9. The normalized spacial score (nSPS) is 41.3. The number of hydrogen-bond acceptors (Lipinski definition) is 1. The van der Waals surface area contributed by atoms with Crippen molar-refractivity contribution in [3.63, 3.8) is 0 Å². The minimum Gasteiger partial charge on any atom is -0.280 e. The molecule has 0 aliphatic carbocycles. The molecule has 2 unspecified atom stereocenters. The molecule has 0 aromatic heterocycles. The van der Waals surface area contributed by atoms with Gasteiger partial charge >= 0.3 is 17.7 Å². The minimum absolute atomic E-state index is 0.183. The minimum atomic E-state index is -5.66. The van der Waals surface area contributed by atoms with Gasteiger partial charge < -0.3 is 0 Å². The smallest absolute Gasteiger partial charge is 0.280 e. The molecule has 0 N–H and O–H groups in total. The Bertz CT molecular complexity index is 298. The van der Waals surface area contributed by atoms with Gasteiger partial charge in [-0.15, -0.1) is 0 Å². The highest BCUT2D eigenvalue weighted by Crippen LogP contribution is 2.60. The number of halogens is 8. The third kappa shape index (κ3) is 1.88. The van der Waals surface area contributed by atoms with Crippen molar-refractivity contribution in [1.82, 2.24) is 0 Å². The third-order valence-corrected chi connectivity index (χ3v) is 2.39. The van der Waals surface area contributed by atoms with E-state index in [1.165, 1.54) is 0 Å². The second-order valence-corrected chi connectivity index (χ2v) is 4.15. The number of hydrogen-bond donors (Lipinski definition) is 0.